The number of amides is 1. The molecule has 3 nitrogen and oxygen atoms in total. The van der Waals surface area contributed by atoms with Crippen LogP contribution >= 0.6 is 15.9 Å². The van der Waals surface area contributed by atoms with Crippen molar-refractivity contribution in [3.05, 3.63) is 63.9 Å². The molecule has 2 rings (SSSR count). The molecule has 5 heteroatoms. The highest BCUT2D eigenvalue weighted by molar-refractivity contribution is 9.10. The predicted octanol–water partition coefficient (Wildman–Crippen LogP) is 4.08. The maximum atomic E-state index is 13.6. The third-order valence-electron chi connectivity index (χ3n) is 2.41. The maximum absolute atomic E-state index is 13.6. The fourth-order valence-electron chi connectivity index (χ4n) is 1.49. The molecule has 0 heterocycles. The molecule has 2 aromatic carbocycles. The zero-order chi connectivity index (χ0) is 14.5. The van der Waals surface area contributed by atoms with E-state index in [9.17, 15) is 9.18 Å². The lowest BCUT2D eigenvalue weighted by molar-refractivity contribution is 0.210. The van der Waals surface area contributed by atoms with E-state index in [1.54, 1.807) is 36.4 Å². The normalized spacial score (nSPS) is 9.50. The van der Waals surface area contributed by atoms with Crippen molar-refractivity contribution < 1.29 is 14.3 Å². The maximum Gasteiger partial charge on any atom is 0.409 e. The molecule has 2 aromatic rings. The lowest BCUT2D eigenvalue weighted by atomic mass is 10.1. The second kappa shape index (κ2) is 6.22. The smallest absolute Gasteiger partial charge is 0.409 e. The van der Waals surface area contributed by atoms with Crippen LogP contribution in [-0.4, -0.2) is 11.2 Å². The van der Waals surface area contributed by atoms with Crippen LogP contribution in [0.2, 0.25) is 0 Å². The summed E-state index contributed by atoms with van der Waals surface area (Å²) in [4.78, 5) is 10.4. The van der Waals surface area contributed by atoms with E-state index in [1.807, 2.05) is 0 Å². The Morgan fingerprint density at radius 2 is 1.85 bits per heavy atom. The fourth-order valence-corrected chi connectivity index (χ4v) is 1.82. The van der Waals surface area contributed by atoms with E-state index in [-0.39, 0.29) is 0 Å². The first-order valence-electron chi connectivity index (χ1n) is 5.62. The first-order valence-corrected chi connectivity index (χ1v) is 6.41. The molecule has 0 saturated carbocycles. The average Bonchev–Trinajstić information content (AvgIpc) is 2.39. The second-order valence-electron chi connectivity index (χ2n) is 3.88. The quantitative estimate of drug-likeness (QED) is 0.772. The molecule has 0 saturated heterocycles. The van der Waals surface area contributed by atoms with Gasteiger partial charge in [-0.3, -0.25) is 5.32 Å². The third kappa shape index (κ3) is 3.84. The van der Waals surface area contributed by atoms with Crippen LogP contribution in [0.25, 0.3) is 0 Å². The van der Waals surface area contributed by atoms with Crippen molar-refractivity contribution in [3.8, 4) is 11.8 Å². The van der Waals surface area contributed by atoms with E-state index in [0.717, 1.165) is 0 Å². The molecular formula is C15H9BrFNO2. The molecule has 0 fully saturated rings. The van der Waals surface area contributed by atoms with Crippen LogP contribution in [-0.2, 0) is 0 Å². The Bertz CT molecular complexity index is 702. The zero-order valence-electron chi connectivity index (χ0n) is 10.2. The number of benzene rings is 2. The van der Waals surface area contributed by atoms with Gasteiger partial charge in [0.15, 0.2) is 0 Å². The predicted molar refractivity (Wildman–Crippen MR) is 78.2 cm³/mol. The van der Waals surface area contributed by atoms with Crippen LogP contribution in [0, 0.1) is 17.7 Å². The molecular weight excluding hydrogens is 325 g/mol. The molecule has 0 unspecified atom stereocenters. The Balaban J connectivity index is 2.18. The van der Waals surface area contributed by atoms with Crippen LogP contribution in [0.1, 0.15) is 11.1 Å². The van der Waals surface area contributed by atoms with Gasteiger partial charge in [0.1, 0.15) is 5.82 Å². The Labute approximate surface area is 123 Å². The molecule has 0 spiro atoms. The van der Waals surface area contributed by atoms with Gasteiger partial charge >= 0.3 is 6.09 Å². The number of anilines is 1. The van der Waals surface area contributed by atoms with Gasteiger partial charge < -0.3 is 5.11 Å². The van der Waals surface area contributed by atoms with E-state index >= 15 is 0 Å². The Morgan fingerprint density at radius 3 is 2.45 bits per heavy atom. The molecule has 100 valence electrons. The molecule has 0 aliphatic heterocycles. The van der Waals surface area contributed by atoms with Gasteiger partial charge in [-0.25, -0.2) is 9.18 Å². The monoisotopic (exact) mass is 333 g/mol. The van der Waals surface area contributed by atoms with Crippen LogP contribution in [0.4, 0.5) is 14.9 Å². The summed E-state index contributed by atoms with van der Waals surface area (Å²) < 4.78 is 14.2. The van der Waals surface area contributed by atoms with Crippen molar-refractivity contribution in [2.75, 3.05) is 5.32 Å². The highest BCUT2D eigenvalue weighted by atomic mass is 79.9. The minimum absolute atomic E-state index is 0.306. The van der Waals surface area contributed by atoms with Crippen molar-refractivity contribution in [1.82, 2.24) is 0 Å². The van der Waals surface area contributed by atoms with Crippen molar-refractivity contribution in [3.63, 3.8) is 0 Å². The number of carbonyl (C=O) groups is 1. The number of carboxylic acid groups (broad SMARTS) is 1. The first kappa shape index (κ1) is 14.1. The van der Waals surface area contributed by atoms with Crippen LogP contribution in [0.15, 0.2) is 46.9 Å². The molecule has 0 atom stereocenters. The van der Waals surface area contributed by atoms with Crippen molar-refractivity contribution in [2.24, 2.45) is 0 Å². The van der Waals surface area contributed by atoms with Crippen LogP contribution in [0.5, 0.6) is 0 Å². The van der Waals surface area contributed by atoms with E-state index in [4.69, 9.17) is 5.11 Å². The molecule has 0 radical (unpaired) electrons. The summed E-state index contributed by atoms with van der Waals surface area (Å²) in [7, 11) is 0. The lowest BCUT2D eigenvalue weighted by Gasteiger charge is -1.99. The third-order valence-corrected chi connectivity index (χ3v) is 2.90. The molecule has 0 aliphatic rings. The lowest BCUT2D eigenvalue weighted by Crippen LogP contribution is -2.06. The summed E-state index contributed by atoms with van der Waals surface area (Å²) in [6.45, 7) is 0. The second-order valence-corrected chi connectivity index (χ2v) is 4.80. The molecule has 20 heavy (non-hydrogen) atoms. The highest BCUT2D eigenvalue weighted by Gasteiger charge is 1.99. The van der Waals surface area contributed by atoms with Gasteiger partial charge in [0.2, 0.25) is 0 Å². The minimum Gasteiger partial charge on any atom is -0.465 e. The van der Waals surface area contributed by atoms with Gasteiger partial charge in [0.25, 0.3) is 0 Å². The zero-order valence-corrected chi connectivity index (χ0v) is 11.7. The number of halogens is 2. The van der Waals surface area contributed by atoms with E-state index < -0.39 is 11.9 Å². The first-order chi connectivity index (χ1) is 9.54. The van der Waals surface area contributed by atoms with Gasteiger partial charge in [-0.1, -0.05) is 27.8 Å². The van der Waals surface area contributed by atoms with Gasteiger partial charge in [0, 0.05) is 15.7 Å². The van der Waals surface area contributed by atoms with Crippen LogP contribution < -0.4 is 5.32 Å². The minimum atomic E-state index is -1.12. The van der Waals surface area contributed by atoms with E-state index in [0.29, 0.717) is 21.3 Å². The number of rotatable bonds is 1. The van der Waals surface area contributed by atoms with Crippen molar-refractivity contribution in [2.45, 2.75) is 0 Å². The summed E-state index contributed by atoms with van der Waals surface area (Å²) >= 11 is 3.18. The fraction of sp³-hybridized carbons (Fsp3) is 0. The Kier molecular flexibility index (Phi) is 4.38. The number of hydrogen-bond acceptors (Lipinski definition) is 1. The van der Waals surface area contributed by atoms with Crippen LogP contribution in [0.3, 0.4) is 0 Å². The Hall–Kier alpha value is -2.32. The van der Waals surface area contributed by atoms with Gasteiger partial charge in [-0.15, -0.1) is 0 Å². The van der Waals surface area contributed by atoms with Gasteiger partial charge in [-0.2, -0.15) is 0 Å². The van der Waals surface area contributed by atoms with Gasteiger partial charge in [-0.05, 0) is 42.5 Å². The molecule has 2 N–H and O–H groups in total. The average molecular weight is 334 g/mol. The molecule has 1 amide bonds. The topological polar surface area (TPSA) is 49.3 Å². The standard InChI is InChI=1S/C15H9BrFNO2/c16-12-6-5-11(14(17)9-12)4-1-10-2-7-13(8-3-10)18-15(19)20/h2-3,5-9,18H,(H,19,20). The SMILES string of the molecule is O=C(O)Nc1ccc(C#Cc2ccc(Br)cc2F)cc1. The summed E-state index contributed by atoms with van der Waals surface area (Å²) in [6, 6.07) is 11.2. The van der Waals surface area contributed by atoms with E-state index in [1.165, 1.54) is 6.07 Å². The molecule has 0 aliphatic carbocycles. The summed E-state index contributed by atoms with van der Waals surface area (Å²) in [5.74, 6) is 5.16. The van der Waals surface area contributed by atoms with Crippen molar-refractivity contribution in [1.29, 1.82) is 0 Å². The van der Waals surface area contributed by atoms with Gasteiger partial charge in [0.05, 0.1) is 5.56 Å². The van der Waals surface area contributed by atoms with E-state index in [2.05, 4.69) is 33.1 Å². The Morgan fingerprint density at radius 1 is 1.15 bits per heavy atom. The summed E-state index contributed by atoms with van der Waals surface area (Å²) in [5.41, 5.74) is 1.43. The number of hydrogen-bond donors (Lipinski definition) is 2. The number of nitrogens with one attached hydrogen (secondary N) is 1. The summed E-state index contributed by atoms with van der Waals surface area (Å²) in [5, 5.41) is 10.8. The summed E-state index contributed by atoms with van der Waals surface area (Å²) in [6.07, 6.45) is -1.12. The molecule has 0 bridgehead atoms. The molecule has 0 aromatic heterocycles. The van der Waals surface area contributed by atoms with Crippen molar-refractivity contribution >= 4 is 27.7 Å². The largest absolute Gasteiger partial charge is 0.465 e. The highest BCUT2D eigenvalue weighted by Crippen LogP contribution is 2.14.